The molecule has 1 aliphatic heterocycles. The molecule has 1 fully saturated rings. The van der Waals surface area contributed by atoms with Crippen molar-refractivity contribution in [2.24, 2.45) is 0 Å². The van der Waals surface area contributed by atoms with Gasteiger partial charge < -0.3 is 5.32 Å². The molecule has 2 rings (SSSR count). The number of hydrogen-bond acceptors (Lipinski definition) is 1. The molecule has 0 saturated carbocycles. The molecule has 1 aliphatic rings. The van der Waals surface area contributed by atoms with Crippen LogP contribution < -0.4 is 5.32 Å². The van der Waals surface area contributed by atoms with E-state index in [1.165, 1.54) is 6.07 Å². The van der Waals surface area contributed by atoms with Gasteiger partial charge in [-0.1, -0.05) is 22.0 Å². The average Bonchev–Trinajstić information content (AvgIpc) is 2.57. The van der Waals surface area contributed by atoms with Crippen LogP contribution in [0.2, 0.25) is 0 Å². The minimum Gasteiger partial charge on any atom is -0.310 e. The van der Waals surface area contributed by atoms with Crippen molar-refractivity contribution < 1.29 is 4.39 Å². The fraction of sp³-hybridized carbons (Fsp3) is 0.400. The summed E-state index contributed by atoms with van der Waals surface area (Å²) in [4.78, 5) is 0. The molecule has 0 spiro atoms. The Kier molecular flexibility index (Phi) is 2.65. The first-order valence-corrected chi connectivity index (χ1v) is 5.25. The van der Waals surface area contributed by atoms with Crippen LogP contribution in [0.25, 0.3) is 0 Å². The van der Waals surface area contributed by atoms with Gasteiger partial charge in [0.15, 0.2) is 0 Å². The molecule has 1 atom stereocenters. The van der Waals surface area contributed by atoms with Crippen LogP contribution in [-0.4, -0.2) is 6.54 Å². The van der Waals surface area contributed by atoms with Crippen molar-refractivity contribution in [2.45, 2.75) is 18.9 Å². The van der Waals surface area contributed by atoms with Crippen molar-refractivity contribution in [3.8, 4) is 0 Å². The van der Waals surface area contributed by atoms with Crippen molar-refractivity contribution in [1.82, 2.24) is 5.32 Å². The Morgan fingerprint density at radius 1 is 1.46 bits per heavy atom. The van der Waals surface area contributed by atoms with E-state index in [2.05, 4.69) is 21.2 Å². The van der Waals surface area contributed by atoms with E-state index in [1.54, 1.807) is 6.07 Å². The van der Waals surface area contributed by atoms with Gasteiger partial charge >= 0.3 is 0 Å². The highest BCUT2D eigenvalue weighted by molar-refractivity contribution is 9.10. The lowest BCUT2D eigenvalue weighted by molar-refractivity contribution is 0.556. The molecule has 1 aromatic rings. The summed E-state index contributed by atoms with van der Waals surface area (Å²) in [6.07, 6.45) is 2.16. The Bertz CT molecular complexity index is 288. The van der Waals surface area contributed by atoms with E-state index < -0.39 is 0 Å². The van der Waals surface area contributed by atoms with Gasteiger partial charge in [0.2, 0.25) is 0 Å². The molecular weight excluding hydrogens is 233 g/mol. The highest BCUT2D eigenvalue weighted by atomic mass is 79.9. The van der Waals surface area contributed by atoms with Gasteiger partial charge in [-0.15, -0.1) is 0 Å². The third kappa shape index (κ3) is 1.76. The zero-order chi connectivity index (χ0) is 9.26. The first kappa shape index (κ1) is 9.16. The summed E-state index contributed by atoms with van der Waals surface area (Å²) < 4.78 is 14.3. The molecule has 1 unspecified atom stereocenters. The Balaban J connectivity index is 2.37. The predicted octanol–water partition coefficient (Wildman–Crippen LogP) is 3.01. The summed E-state index contributed by atoms with van der Waals surface area (Å²) >= 11 is 3.38. The number of hydrogen-bond donors (Lipinski definition) is 1. The second kappa shape index (κ2) is 3.76. The van der Waals surface area contributed by atoms with E-state index in [1.807, 2.05) is 6.07 Å². The molecule has 1 nitrogen and oxygen atoms in total. The van der Waals surface area contributed by atoms with Crippen LogP contribution in [0, 0.1) is 5.82 Å². The molecule has 3 heteroatoms. The molecule has 1 heterocycles. The lowest BCUT2D eigenvalue weighted by Crippen LogP contribution is -2.14. The number of nitrogens with one attached hydrogen (secondary N) is 1. The summed E-state index contributed by atoms with van der Waals surface area (Å²) in [6, 6.07) is 5.31. The molecular formula is C10H11BrFN. The van der Waals surface area contributed by atoms with Crippen molar-refractivity contribution >= 4 is 15.9 Å². The maximum atomic E-state index is 13.4. The Morgan fingerprint density at radius 3 is 2.92 bits per heavy atom. The molecule has 1 aromatic carbocycles. The summed E-state index contributed by atoms with van der Waals surface area (Å²) in [5.74, 6) is -0.117. The predicted molar refractivity (Wildman–Crippen MR) is 54.1 cm³/mol. The van der Waals surface area contributed by atoms with Crippen LogP contribution in [0.15, 0.2) is 22.7 Å². The van der Waals surface area contributed by atoms with Crippen molar-refractivity contribution in [2.75, 3.05) is 6.54 Å². The van der Waals surface area contributed by atoms with Gasteiger partial charge in [0.05, 0.1) is 0 Å². The largest absolute Gasteiger partial charge is 0.310 e. The highest BCUT2D eigenvalue weighted by Crippen LogP contribution is 2.31. The van der Waals surface area contributed by atoms with Crippen LogP contribution in [0.5, 0.6) is 0 Å². The van der Waals surface area contributed by atoms with E-state index in [0.717, 1.165) is 29.4 Å². The smallest absolute Gasteiger partial charge is 0.129 e. The molecule has 70 valence electrons. The van der Waals surface area contributed by atoms with E-state index in [-0.39, 0.29) is 11.9 Å². The van der Waals surface area contributed by atoms with E-state index in [4.69, 9.17) is 0 Å². The number of benzene rings is 1. The highest BCUT2D eigenvalue weighted by Gasteiger charge is 2.21. The minimum atomic E-state index is -0.117. The van der Waals surface area contributed by atoms with Gasteiger partial charge in [0.25, 0.3) is 0 Å². The molecule has 1 N–H and O–H groups in total. The zero-order valence-corrected chi connectivity index (χ0v) is 8.77. The third-order valence-electron chi connectivity index (χ3n) is 2.41. The molecule has 0 aliphatic carbocycles. The van der Waals surface area contributed by atoms with Gasteiger partial charge in [0.1, 0.15) is 5.82 Å². The van der Waals surface area contributed by atoms with Crippen molar-refractivity contribution in [3.05, 3.63) is 34.1 Å². The first-order valence-electron chi connectivity index (χ1n) is 4.46. The Hall–Kier alpha value is -0.410. The van der Waals surface area contributed by atoms with Gasteiger partial charge in [-0.25, -0.2) is 4.39 Å². The van der Waals surface area contributed by atoms with Gasteiger partial charge in [0, 0.05) is 16.1 Å². The second-order valence-corrected chi connectivity index (χ2v) is 4.14. The quantitative estimate of drug-likeness (QED) is 0.800. The topological polar surface area (TPSA) is 12.0 Å². The molecule has 13 heavy (non-hydrogen) atoms. The fourth-order valence-corrected chi connectivity index (χ4v) is 2.39. The molecule has 0 bridgehead atoms. The summed E-state index contributed by atoms with van der Waals surface area (Å²) in [6.45, 7) is 0.992. The van der Waals surface area contributed by atoms with Gasteiger partial charge in [-0.3, -0.25) is 0 Å². The molecule has 0 amide bonds. The molecule has 1 saturated heterocycles. The zero-order valence-electron chi connectivity index (χ0n) is 7.19. The third-order valence-corrected chi connectivity index (χ3v) is 3.10. The van der Waals surface area contributed by atoms with Gasteiger partial charge in [-0.05, 0) is 31.5 Å². The second-order valence-electron chi connectivity index (χ2n) is 3.28. The number of rotatable bonds is 1. The maximum Gasteiger partial charge on any atom is 0.129 e. The minimum absolute atomic E-state index is 0.117. The van der Waals surface area contributed by atoms with Crippen LogP contribution in [0.4, 0.5) is 4.39 Å². The first-order chi connectivity index (χ1) is 6.29. The Labute approximate surface area is 85.5 Å². The van der Waals surface area contributed by atoms with E-state index in [9.17, 15) is 4.39 Å². The van der Waals surface area contributed by atoms with Crippen LogP contribution in [0.1, 0.15) is 24.4 Å². The monoisotopic (exact) mass is 243 g/mol. The summed E-state index contributed by atoms with van der Waals surface area (Å²) in [7, 11) is 0. The van der Waals surface area contributed by atoms with Gasteiger partial charge in [-0.2, -0.15) is 0 Å². The SMILES string of the molecule is Fc1cccc(Br)c1C1CCCN1. The Morgan fingerprint density at radius 2 is 2.31 bits per heavy atom. The summed E-state index contributed by atoms with van der Waals surface area (Å²) in [5, 5.41) is 3.28. The van der Waals surface area contributed by atoms with E-state index in [0.29, 0.717) is 0 Å². The lowest BCUT2D eigenvalue weighted by Gasteiger charge is -2.13. The van der Waals surface area contributed by atoms with Crippen LogP contribution >= 0.6 is 15.9 Å². The standard InChI is InChI=1S/C10H11BrFN/c11-7-3-1-4-8(12)10(7)9-5-2-6-13-9/h1,3-4,9,13H,2,5-6H2. The van der Waals surface area contributed by atoms with Crippen LogP contribution in [-0.2, 0) is 0 Å². The fourth-order valence-electron chi connectivity index (χ4n) is 1.77. The normalized spacial score (nSPS) is 22.2. The van der Waals surface area contributed by atoms with Crippen molar-refractivity contribution in [3.63, 3.8) is 0 Å². The molecule has 0 radical (unpaired) electrons. The number of halogens is 2. The lowest BCUT2D eigenvalue weighted by atomic mass is 10.1. The van der Waals surface area contributed by atoms with Crippen molar-refractivity contribution in [1.29, 1.82) is 0 Å². The summed E-state index contributed by atoms with van der Waals surface area (Å²) in [5.41, 5.74) is 0.778. The van der Waals surface area contributed by atoms with E-state index >= 15 is 0 Å². The molecule has 0 aromatic heterocycles. The maximum absolute atomic E-state index is 13.4. The van der Waals surface area contributed by atoms with Crippen LogP contribution in [0.3, 0.4) is 0 Å². The average molecular weight is 244 g/mol.